The number of furan rings is 1. The Balaban J connectivity index is 1.38. The Hall–Kier alpha value is -3.16. The fraction of sp³-hybridized carbons (Fsp3) is 0.208. The molecule has 1 aromatic heterocycles. The average molecular weight is 437 g/mol. The fourth-order valence-corrected chi connectivity index (χ4v) is 5.06. The first-order valence-electron chi connectivity index (χ1n) is 10.1. The molecule has 0 aliphatic rings. The molecule has 0 aliphatic carbocycles. The highest BCUT2D eigenvalue weighted by Crippen LogP contribution is 2.30. The van der Waals surface area contributed by atoms with Gasteiger partial charge in [-0.05, 0) is 47.9 Å². The summed E-state index contributed by atoms with van der Waals surface area (Å²) in [6.07, 6.45) is 1.77. The molecule has 0 fully saturated rings. The van der Waals surface area contributed by atoms with Gasteiger partial charge < -0.3 is 9.73 Å². The molecule has 0 spiro atoms. The van der Waals surface area contributed by atoms with Crippen LogP contribution < -0.4 is 10.0 Å². The van der Waals surface area contributed by atoms with Gasteiger partial charge in [0.15, 0.2) is 0 Å². The minimum atomic E-state index is -3.63. The van der Waals surface area contributed by atoms with Crippen molar-refractivity contribution in [1.29, 1.82) is 0 Å². The minimum Gasteiger partial charge on any atom is -0.464 e. The van der Waals surface area contributed by atoms with Gasteiger partial charge in [-0.15, -0.1) is 0 Å². The smallest absolute Gasteiger partial charge is 0.240 e. The summed E-state index contributed by atoms with van der Waals surface area (Å²) in [7, 11) is -3.63. The Kier molecular flexibility index (Phi) is 5.80. The van der Waals surface area contributed by atoms with E-state index in [1.165, 1.54) is 0 Å². The molecule has 0 radical (unpaired) electrons. The van der Waals surface area contributed by atoms with E-state index in [2.05, 4.69) is 10.0 Å². The molecule has 2 N–H and O–H groups in total. The SMILES string of the molecule is Cc1ccc(C)c(S(=O)(=O)NCCNC(=O)Cc2coc3ccc4ccccc4c23)c1. The van der Waals surface area contributed by atoms with E-state index in [0.717, 1.165) is 32.9 Å². The van der Waals surface area contributed by atoms with E-state index in [4.69, 9.17) is 4.42 Å². The maximum Gasteiger partial charge on any atom is 0.240 e. The maximum atomic E-state index is 12.5. The van der Waals surface area contributed by atoms with Crippen molar-refractivity contribution in [2.24, 2.45) is 0 Å². The molecule has 160 valence electrons. The quantitative estimate of drug-likeness (QED) is 0.431. The molecule has 0 unspecified atom stereocenters. The van der Waals surface area contributed by atoms with E-state index in [1.807, 2.05) is 49.4 Å². The van der Waals surface area contributed by atoms with Crippen molar-refractivity contribution in [3.8, 4) is 0 Å². The van der Waals surface area contributed by atoms with E-state index in [0.29, 0.717) is 5.56 Å². The molecule has 0 saturated heterocycles. The second-order valence-electron chi connectivity index (χ2n) is 7.61. The summed E-state index contributed by atoms with van der Waals surface area (Å²) in [5.74, 6) is -0.193. The zero-order valence-electron chi connectivity index (χ0n) is 17.4. The van der Waals surface area contributed by atoms with Crippen LogP contribution in [0.4, 0.5) is 0 Å². The number of fused-ring (bicyclic) bond motifs is 3. The van der Waals surface area contributed by atoms with Gasteiger partial charge in [0.05, 0.1) is 17.6 Å². The summed E-state index contributed by atoms with van der Waals surface area (Å²) < 4.78 is 33.3. The molecule has 0 atom stereocenters. The standard InChI is InChI=1S/C24H24N2O4S/c1-16-7-8-17(2)22(13-16)31(28,29)26-12-11-25-23(27)14-19-15-30-21-10-9-18-5-3-4-6-20(18)24(19)21/h3-10,13,15,26H,11-12,14H2,1-2H3,(H,25,27). The summed E-state index contributed by atoms with van der Waals surface area (Å²) in [6.45, 7) is 3.91. The molecule has 3 aromatic carbocycles. The number of amides is 1. The zero-order chi connectivity index (χ0) is 22.0. The van der Waals surface area contributed by atoms with Crippen molar-refractivity contribution in [2.75, 3.05) is 13.1 Å². The van der Waals surface area contributed by atoms with Crippen LogP contribution in [0.2, 0.25) is 0 Å². The molecule has 0 bridgehead atoms. The third-order valence-electron chi connectivity index (χ3n) is 5.26. The number of nitrogens with one attached hydrogen (secondary N) is 2. The Bertz CT molecular complexity index is 1370. The van der Waals surface area contributed by atoms with Gasteiger partial charge in [0.2, 0.25) is 15.9 Å². The lowest BCUT2D eigenvalue weighted by molar-refractivity contribution is -0.120. The molecule has 6 nitrogen and oxygen atoms in total. The molecule has 4 aromatic rings. The van der Waals surface area contributed by atoms with Crippen LogP contribution in [-0.2, 0) is 21.2 Å². The van der Waals surface area contributed by atoms with Gasteiger partial charge in [-0.25, -0.2) is 13.1 Å². The summed E-state index contributed by atoms with van der Waals surface area (Å²) >= 11 is 0. The first kappa shape index (κ1) is 21.1. The minimum absolute atomic E-state index is 0.108. The third kappa shape index (κ3) is 4.47. The highest BCUT2D eigenvalue weighted by molar-refractivity contribution is 7.89. The van der Waals surface area contributed by atoms with Crippen molar-refractivity contribution in [1.82, 2.24) is 10.0 Å². The number of carbonyl (C=O) groups is 1. The van der Waals surface area contributed by atoms with E-state index in [1.54, 1.807) is 25.3 Å². The van der Waals surface area contributed by atoms with Crippen LogP contribution in [0.25, 0.3) is 21.7 Å². The van der Waals surface area contributed by atoms with Crippen LogP contribution in [0.5, 0.6) is 0 Å². The van der Waals surface area contributed by atoms with Gasteiger partial charge >= 0.3 is 0 Å². The monoisotopic (exact) mass is 436 g/mol. The van der Waals surface area contributed by atoms with Crippen LogP contribution in [0.1, 0.15) is 16.7 Å². The largest absolute Gasteiger partial charge is 0.464 e. The molecular formula is C24H24N2O4S. The van der Waals surface area contributed by atoms with Gasteiger partial charge in [0.1, 0.15) is 5.58 Å². The predicted octanol–water partition coefficient (Wildman–Crippen LogP) is 3.84. The van der Waals surface area contributed by atoms with Crippen LogP contribution in [0.15, 0.2) is 70.2 Å². The second kappa shape index (κ2) is 8.53. The van der Waals surface area contributed by atoms with Gasteiger partial charge in [0, 0.05) is 24.0 Å². The molecule has 7 heteroatoms. The van der Waals surface area contributed by atoms with Gasteiger partial charge in [-0.2, -0.15) is 0 Å². The van der Waals surface area contributed by atoms with Crippen molar-refractivity contribution in [2.45, 2.75) is 25.2 Å². The van der Waals surface area contributed by atoms with Crippen LogP contribution in [0.3, 0.4) is 0 Å². The summed E-state index contributed by atoms with van der Waals surface area (Å²) in [5, 5.41) is 5.83. The topological polar surface area (TPSA) is 88.4 Å². The summed E-state index contributed by atoms with van der Waals surface area (Å²) in [4.78, 5) is 12.7. The van der Waals surface area contributed by atoms with E-state index >= 15 is 0 Å². The lowest BCUT2D eigenvalue weighted by atomic mass is 10.0. The maximum absolute atomic E-state index is 12.5. The Morgan fingerprint density at radius 3 is 2.65 bits per heavy atom. The number of hydrogen-bond donors (Lipinski definition) is 2. The van der Waals surface area contributed by atoms with Crippen molar-refractivity contribution in [3.63, 3.8) is 0 Å². The van der Waals surface area contributed by atoms with Crippen LogP contribution in [-0.4, -0.2) is 27.4 Å². The molecule has 1 amide bonds. The first-order chi connectivity index (χ1) is 14.8. The fourth-order valence-electron chi connectivity index (χ4n) is 3.70. The number of carbonyl (C=O) groups excluding carboxylic acids is 1. The summed E-state index contributed by atoms with van der Waals surface area (Å²) in [5.41, 5.74) is 3.10. The van der Waals surface area contributed by atoms with Gasteiger partial charge in [-0.1, -0.05) is 42.5 Å². The third-order valence-corrected chi connectivity index (χ3v) is 6.87. The van der Waals surface area contributed by atoms with Crippen molar-refractivity contribution in [3.05, 3.63) is 77.6 Å². The number of aryl methyl sites for hydroxylation is 2. The molecular weight excluding hydrogens is 412 g/mol. The number of sulfonamides is 1. The van der Waals surface area contributed by atoms with Crippen LogP contribution in [0, 0.1) is 13.8 Å². The molecule has 0 saturated carbocycles. The van der Waals surface area contributed by atoms with Crippen molar-refractivity contribution < 1.29 is 17.6 Å². The highest BCUT2D eigenvalue weighted by atomic mass is 32.2. The first-order valence-corrected chi connectivity index (χ1v) is 11.5. The molecule has 0 aliphatic heterocycles. The Morgan fingerprint density at radius 2 is 1.81 bits per heavy atom. The lowest BCUT2D eigenvalue weighted by Crippen LogP contribution is -2.35. The highest BCUT2D eigenvalue weighted by Gasteiger charge is 2.17. The van der Waals surface area contributed by atoms with E-state index < -0.39 is 10.0 Å². The van der Waals surface area contributed by atoms with Gasteiger partial charge in [0.25, 0.3) is 0 Å². The molecule has 31 heavy (non-hydrogen) atoms. The predicted molar refractivity (Wildman–Crippen MR) is 122 cm³/mol. The Labute approximate surface area is 181 Å². The number of benzene rings is 3. The lowest BCUT2D eigenvalue weighted by Gasteiger charge is -2.11. The normalized spacial score (nSPS) is 11.8. The van der Waals surface area contributed by atoms with E-state index in [9.17, 15) is 13.2 Å². The number of rotatable bonds is 7. The second-order valence-corrected chi connectivity index (χ2v) is 9.35. The van der Waals surface area contributed by atoms with Crippen molar-refractivity contribution >= 4 is 37.7 Å². The molecule has 1 heterocycles. The van der Waals surface area contributed by atoms with Crippen LogP contribution >= 0.6 is 0 Å². The number of hydrogen-bond acceptors (Lipinski definition) is 4. The molecule has 4 rings (SSSR count). The zero-order valence-corrected chi connectivity index (χ0v) is 18.3. The van der Waals surface area contributed by atoms with Gasteiger partial charge in [-0.3, -0.25) is 4.79 Å². The summed E-state index contributed by atoms with van der Waals surface area (Å²) in [6, 6.07) is 17.2. The van der Waals surface area contributed by atoms with E-state index in [-0.39, 0.29) is 30.3 Å². The Morgan fingerprint density at radius 1 is 1.00 bits per heavy atom. The average Bonchev–Trinajstić information content (AvgIpc) is 3.16.